The van der Waals surface area contributed by atoms with Crippen LogP contribution in [0, 0.1) is 0 Å². The molecule has 0 spiro atoms. The van der Waals surface area contributed by atoms with Gasteiger partial charge < -0.3 is 9.84 Å². The fraction of sp³-hybridized carbons (Fsp3) is 0.333. The van der Waals surface area contributed by atoms with Gasteiger partial charge in [-0.25, -0.2) is 4.79 Å². The third-order valence-corrected chi connectivity index (χ3v) is 2.06. The van der Waals surface area contributed by atoms with Crippen molar-refractivity contribution in [2.24, 2.45) is 10.2 Å². The highest BCUT2D eigenvalue weighted by Gasteiger charge is 2.24. The third-order valence-electron chi connectivity index (χ3n) is 2.06. The summed E-state index contributed by atoms with van der Waals surface area (Å²) in [6.45, 7) is 3.02. The van der Waals surface area contributed by atoms with Crippen molar-refractivity contribution in [1.82, 2.24) is 0 Å². The van der Waals surface area contributed by atoms with Crippen LogP contribution >= 0.6 is 0 Å². The summed E-state index contributed by atoms with van der Waals surface area (Å²) in [4.78, 5) is 22.7. The van der Waals surface area contributed by atoms with Crippen molar-refractivity contribution in [3.05, 3.63) is 24.3 Å². The zero-order chi connectivity index (χ0) is 13.5. The average molecular weight is 250 g/mol. The number of carbonyl (C=O) groups excluding carboxylic acids is 2. The Morgan fingerprint density at radius 3 is 2.61 bits per heavy atom. The number of azo groups is 1. The smallest absolute Gasteiger partial charge is 0.340 e. The van der Waals surface area contributed by atoms with E-state index in [0.29, 0.717) is 0 Å². The largest absolute Gasteiger partial charge is 0.506 e. The summed E-state index contributed by atoms with van der Waals surface area (Å²) in [6.07, 6.45) is 0. The lowest BCUT2D eigenvalue weighted by molar-refractivity contribution is -0.147. The van der Waals surface area contributed by atoms with E-state index in [1.165, 1.54) is 19.1 Å². The molecule has 6 heteroatoms. The van der Waals surface area contributed by atoms with Gasteiger partial charge in [0, 0.05) is 0 Å². The number of benzene rings is 1. The van der Waals surface area contributed by atoms with Crippen LogP contribution in [0.3, 0.4) is 0 Å². The van der Waals surface area contributed by atoms with E-state index in [-0.39, 0.29) is 18.0 Å². The van der Waals surface area contributed by atoms with Crippen LogP contribution in [0.15, 0.2) is 34.5 Å². The molecule has 0 aromatic heterocycles. The summed E-state index contributed by atoms with van der Waals surface area (Å²) < 4.78 is 4.71. The van der Waals surface area contributed by atoms with Gasteiger partial charge in [-0.15, -0.1) is 0 Å². The Bertz CT molecular complexity index is 471. The Labute approximate surface area is 104 Å². The summed E-state index contributed by atoms with van der Waals surface area (Å²) in [5.74, 6) is -1.29. The van der Waals surface area contributed by atoms with Gasteiger partial charge >= 0.3 is 5.97 Å². The molecule has 0 amide bonds. The Morgan fingerprint density at radius 1 is 1.39 bits per heavy atom. The maximum absolute atomic E-state index is 11.4. The van der Waals surface area contributed by atoms with Crippen molar-refractivity contribution in [3.8, 4) is 5.75 Å². The SMILES string of the molecule is CCOC(=O)C(N=Nc1ccccc1O)C(C)=O. The lowest BCUT2D eigenvalue weighted by Gasteiger charge is -2.06. The second kappa shape index (κ2) is 6.48. The van der Waals surface area contributed by atoms with Crippen LogP contribution in [0.25, 0.3) is 0 Å². The number of carbonyl (C=O) groups is 2. The molecular formula is C12H14N2O4. The molecule has 1 atom stereocenters. The predicted octanol–water partition coefficient (Wildman–Crippen LogP) is 2.00. The molecule has 0 aliphatic rings. The van der Waals surface area contributed by atoms with E-state index in [9.17, 15) is 14.7 Å². The standard InChI is InChI=1S/C12H14N2O4/c1-3-18-12(17)11(8(2)15)14-13-9-6-4-5-7-10(9)16/h4-7,11,16H,3H2,1-2H3. The fourth-order valence-electron chi connectivity index (χ4n) is 1.18. The van der Waals surface area contributed by atoms with Crippen molar-refractivity contribution in [3.63, 3.8) is 0 Å². The van der Waals surface area contributed by atoms with E-state index < -0.39 is 17.8 Å². The van der Waals surface area contributed by atoms with Gasteiger partial charge in [-0.3, -0.25) is 4.79 Å². The quantitative estimate of drug-likeness (QED) is 0.491. The number of hydrogen-bond acceptors (Lipinski definition) is 6. The van der Waals surface area contributed by atoms with E-state index in [4.69, 9.17) is 4.74 Å². The maximum Gasteiger partial charge on any atom is 0.340 e. The first kappa shape index (κ1) is 13.8. The summed E-state index contributed by atoms with van der Waals surface area (Å²) in [6, 6.07) is 4.94. The number of ketones is 1. The molecule has 1 rings (SSSR count). The topological polar surface area (TPSA) is 88.3 Å². The van der Waals surface area contributed by atoms with Gasteiger partial charge in [0.2, 0.25) is 6.04 Å². The van der Waals surface area contributed by atoms with E-state index in [0.717, 1.165) is 0 Å². The molecular weight excluding hydrogens is 236 g/mol. The second-order valence-electron chi connectivity index (χ2n) is 3.47. The van der Waals surface area contributed by atoms with Gasteiger partial charge in [0.05, 0.1) is 6.61 Å². The molecule has 0 saturated carbocycles. The van der Waals surface area contributed by atoms with Crippen molar-refractivity contribution >= 4 is 17.4 Å². The first-order valence-electron chi connectivity index (χ1n) is 5.42. The average Bonchev–Trinajstić information content (AvgIpc) is 2.31. The number of nitrogens with zero attached hydrogens (tertiary/aromatic N) is 2. The molecule has 0 aliphatic heterocycles. The number of aromatic hydroxyl groups is 1. The molecule has 96 valence electrons. The molecule has 0 aliphatic carbocycles. The number of esters is 1. The van der Waals surface area contributed by atoms with Crippen LogP contribution < -0.4 is 0 Å². The first-order valence-corrected chi connectivity index (χ1v) is 5.42. The third kappa shape index (κ3) is 3.65. The second-order valence-corrected chi connectivity index (χ2v) is 3.47. The molecule has 1 aromatic rings. The molecule has 0 bridgehead atoms. The van der Waals surface area contributed by atoms with E-state index in [1.807, 2.05) is 0 Å². The van der Waals surface area contributed by atoms with Gasteiger partial charge in [0.1, 0.15) is 11.4 Å². The molecule has 1 N–H and O–H groups in total. The minimum atomic E-state index is -1.29. The molecule has 0 fully saturated rings. The van der Waals surface area contributed by atoms with Crippen molar-refractivity contribution in [2.45, 2.75) is 19.9 Å². The number of phenols is 1. The zero-order valence-electron chi connectivity index (χ0n) is 10.2. The maximum atomic E-state index is 11.4. The van der Waals surface area contributed by atoms with Gasteiger partial charge in [-0.1, -0.05) is 12.1 Å². The van der Waals surface area contributed by atoms with Crippen molar-refractivity contribution < 1.29 is 19.4 Å². The molecule has 6 nitrogen and oxygen atoms in total. The Hall–Kier alpha value is -2.24. The minimum Gasteiger partial charge on any atom is -0.506 e. The normalized spacial score (nSPS) is 12.3. The highest BCUT2D eigenvalue weighted by Crippen LogP contribution is 2.25. The van der Waals surface area contributed by atoms with Crippen molar-refractivity contribution in [1.29, 1.82) is 0 Å². The van der Waals surface area contributed by atoms with Crippen LogP contribution in [0.2, 0.25) is 0 Å². The Morgan fingerprint density at radius 2 is 2.06 bits per heavy atom. The van der Waals surface area contributed by atoms with E-state index in [1.54, 1.807) is 19.1 Å². The van der Waals surface area contributed by atoms with Gasteiger partial charge in [0.15, 0.2) is 5.78 Å². The lowest BCUT2D eigenvalue weighted by Crippen LogP contribution is -2.28. The number of hydrogen-bond donors (Lipinski definition) is 1. The molecule has 1 aromatic carbocycles. The summed E-state index contributed by atoms with van der Waals surface area (Å²) in [5, 5.41) is 16.7. The highest BCUT2D eigenvalue weighted by molar-refractivity contribution is 6.02. The number of ether oxygens (including phenoxy) is 1. The summed E-state index contributed by atoms with van der Waals surface area (Å²) >= 11 is 0. The van der Waals surface area contributed by atoms with E-state index in [2.05, 4.69) is 10.2 Å². The van der Waals surface area contributed by atoms with Gasteiger partial charge in [0.25, 0.3) is 0 Å². The van der Waals surface area contributed by atoms with Gasteiger partial charge in [-0.2, -0.15) is 10.2 Å². The van der Waals surface area contributed by atoms with Crippen LogP contribution in [0.4, 0.5) is 5.69 Å². The number of para-hydroxylation sites is 1. The minimum absolute atomic E-state index is 0.0765. The molecule has 0 heterocycles. The first-order chi connectivity index (χ1) is 8.56. The number of phenolic OH excluding ortho intramolecular Hbond substituents is 1. The molecule has 18 heavy (non-hydrogen) atoms. The summed E-state index contributed by atoms with van der Waals surface area (Å²) in [5.41, 5.74) is 0.188. The lowest BCUT2D eigenvalue weighted by atomic mass is 10.2. The monoisotopic (exact) mass is 250 g/mol. The molecule has 1 unspecified atom stereocenters. The van der Waals surface area contributed by atoms with Crippen LogP contribution in [-0.2, 0) is 14.3 Å². The zero-order valence-corrected chi connectivity index (χ0v) is 10.2. The number of Topliss-reactive ketones (excluding diaryl/α,β-unsaturated/α-hetero) is 1. The fourth-order valence-corrected chi connectivity index (χ4v) is 1.18. The van der Waals surface area contributed by atoms with Gasteiger partial charge in [-0.05, 0) is 26.0 Å². The predicted molar refractivity (Wildman–Crippen MR) is 63.7 cm³/mol. The Balaban J connectivity index is 2.88. The van der Waals surface area contributed by atoms with Crippen LogP contribution in [-0.4, -0.2) is 29.5 Å². The molecule has 0 radical (unpaired) electrons. The van der Waals surface area contributed by atoms with Crippen molar-refractivity contribution in [2.75, 3.05) is 6.61 Å². The van der Waals surface area contributed by atoms with Crippen LogP contribution in [0.5, 0.6) is 5.75 Å². The number of rotatable bonds is 5. The van der Waals surface area contributed by atoms with Crippen LogP contribution in [0.1, 0.15) is 13.8 Å². The summed E-state index contributed by atoms with van der Waals surface area (Å²) in [7, 11) is 0. The van der Waals surface area contributed by atoms with E-state index >= 15 is 0 Å². The molecule has 0 saturated heterocycles. The highest BCUT2D eigenvalue weighted by atomic mass is 16.5. The Kier molecular flexibility index (Phi) is 4.98.